The van der Waals surface area contributed by atoms with E-state index in [1.165, 1.54) is 16.8 Å². The summed E-state index contributed by atoms with van der Waals surface area (Å²) in [5, 5.41) is 21.7. The number of aromatic nitrogens is 2. The zero-order valence-corrected chi connectivity index (χ0v) is 13.1. The first-order valence-corrected chi connectivity index (χ1v) is 7.35. The molecule has 0 aliphatic heterocycles. The van der Waals surface area contributed by atoms with Gasteiger partial charge in [-0.15, -0.1) is 5.10 Å². The molecule has 0 spiro atoms. The standard InChI is InChI=1S/C15H14FN5OS/c16-13-5-3-12(4-6-13)14-19-21(15(23)22-14)11-20(9-1-7-17)10-2-8-18/h3-6H,1-2,9-11H2. The van der Waals surface area contributed by atoms with E-state index >= 15 is 0 Å². The maximum absolute atomic E-state index is 13.0. The third-order valence-corrected chi connectivity index (χ3v) is 3.41. The Labute approximate surface area is 138 Å². The van der Waals surface area contributed by atoms with Crippen LogP contribution in [0.1, 0.15) is 12.8 Å². The lowest BCUT2D eigenvalue weighted by Gasteiger charge is -2.18. The Hall–Kier alpha value is -2.55. The summed E-state index contributed by atoms with van der Waals surface area (Å²) in [4.78, 5) is 2.09. The van der Waals surface area contributed by atoms with Gasteiger partial charge in [0.1, 0.15) is 5.82 Å². The summed E-state index contributed by atoms with van der Waals surface area (Å²) < 4.78 is 19.9. The van der Waals surface area contributed by atoms with Crippen molar-refractivity contribution >= 4 is 12.2 Å². The van der Waals surface area contributed by atoms with Gasteiger partial charge in [-0.2, -0.15) is 10.5 Å². The first-order chi connectivity index (χ1) is 11.1. The highest BCUT2D eigenvalue weighted by Gasteiger charge is 2.12. The second kappa shape index (κ2) is 8.18. The van der Waals surface area contributed by atoms with Crippen LogP contribution in [0.2, 0.25) is 0 Å². The van der Waals surface area contributed by atoms with Crippen LogP contribution in [-0.2, 0) is 6.67 Å². The second-order valence-corrected chi connectivity index (χ2v) is 5.10. The Balaban J connectivity index is 2.16. The van der Waals surface area contributed by atoms with E-state index in [0.717, 1.165) is 0 Å². The Morgan fingerprint density at radius 3 is 2.35 bits per heavy atom. The molecule has 8 heteroatoms. The predicted molar refractivity (Wildman–Crippen MR) is 82.8 cm³/mol. The maximum atomic E-state index is 13.0. The van der Waals surface area contributed by atoms with Crippen molar-refractivity contribution in [2.75, 3.05) is 13.1 Å². The largest absolute Gasteiger partial charge is 0.409 e. The van der Waals surface area contributed by atoms with Crippen LogP contribution < -0.4 is 0 Å². The molecule has 0 atom stereocenters. The molecule has 0 aliphatic carbocycles. The van der Waals surface area contributed by atoms with Crippen molar-refractivity contribution in [1.82, 2.24) is 14.7 Å². The van der Waals surface area contributed by atoms with Crippen molar-refractivity contribution in [2.24, 2.45) is 0 Å². The lowest BCUT2D eigenvalue weighted by Crippen LogP contribution is -2.29. The fraction of sp³-hybridized carbons (Fsp3) is 0.333. The fourth-order valence-electron chi connectivity index (χ4n) is 1.96. The van der Waals surface area contributed by atoms with Gasteiger partial charge < -0.3 is 4.42 Å². The molecule has 23 heavy (non-hydrogen) atoms. The number of rotatable bonds is 7. The lowest BCUT2D eigenvalue weighted by molar-refractivity contribution is 0.211. The van der Waals surface area contributed by atoms with E-state index in [4.69, 9.17) is 27.2 Å². The molecule has 1 heterocycles. The zero-order valence-electron chi connectivity index (χ0n) is 12.3. The van der Waals surface area contributed by atoms with Gasteiger partial charge in [0.15, 0.2) is 0 Å². The quantitative estimate of drug-likeness (QED) is 0.725. The normalized spacial score (nSPS) is 10.4. The summed E-state index contributed by atoms with van der Waals surface area (Å²) in [5.41, 5.74) is 0.622. The molecule has 2 aromatic rings. The van der Waals surface area contributed by atoms with Crippen LogP contribution in [0.4, 0.5) is 4.39 Å². The highest BCUT2D eigenvalue weighted by Crippen LogP contribution is 2.18. The van der Waals surface area contributed by atoms with Crippen molar-refractivity contribution < 1.29 is 8.81 Å². The molecule has 1 aromatic heterocycles. The fourth-order valence-corrected chi connectivity index (χ4v) is 2.14. The Kier molecular flexibility index (Phi) is 5.98. The van der Waals surface area contributed by atoms with Crippen LogP contribution in [0.15, 0.2) is 28.7 Å². The first kappa shape index (κ1) is 16.8. The monoisotopic (exact) mass is 331 g/mol. The lowest BCUT2D eigenvalue weighted by atomic mass is 10.2. The average molecular weight is 331 g/mol. The highest BCUT2D eigenvalue weighted by molar-refractivity contribution is 7.71. The summed E-state index contributed by atoms with van der Waals surface area (Å²) in [5.74, 6) is -0.0403. The van der Waals surface area contributed by atoms with Gasteiger partial charge >= 0.3 is 0 Å². The van der Waals surface area contributed by atoms with Crippen molar-refractivity contribution in [1.29, 1.82) is 10.5 Å². The molecule has 0 radical (unpaired) electrons. The van der Waals surface area contributed by atoms with Crippen molar-refractivity contribution in [3.63, 3.8) is 0 Å². The van der Waals surface area contributed by atoms with Gasteiger partial charge in [-0.1, -0.05) is 0 Å². The average Bonchev–Trinajstić information content (AvgIpc) is 2.91. The van der Waals surface area contributed by atoms with Gasteiger partial charge in [0.2, 0.25) is 5.89 Å². The molecule has 0 saturated heterocycles. The zero-order chi connectivity index (χ0) is 16.7. The van der Waals surface area contributed by atoms with E-state index in [0.29, 0.717) is 44.1 Å². The van der Waals surface area contributed by atoms with Gasteiger partial charge in [0.25, 0.3) is 4.84 Å². The van der Waals surface area contributed by atoms with Gasteiger partial charge in [0, 0.05) is 31.5 Å². The van der Waals surface area contributed by atoms with Gasteiger partial charge in [-0.25, -0.2) is 9.07 Å². The summed E-state index contributed by atoms with van der Waals surface area (Å²) in [6.07, 6.45) is 0.697. The number of halogens is 1. The van der Waals surface area contributed by atoms with E-state index in [1.54, 1.807) is 12.1 Å². The molecule has 6 nitrogen and oxygen atoms in total. The molecule has 0 saturated carbocycles. The number of nitrogens with zero attached hydrogens (tertiary/aromatic N) is 5. The van der Waals surface area contributed by atoms with Gasteiger partial charge in [-0.05, 0) is 36.5 Å². The van der Waals surface area contributed by atoms with Crippen molar-refractivity contribution in [3.05, 3.63) is 34.9 Å². The maximum Gasteiger partial charge on any atom is 0.288 e. The predicted octanol–water partition coefficient (Wildman–Crippen LogP) is 3.10. The summed E-state index contributed by atoms with van der Waals surface area (Å²) in [6.45, 7) is 1.35. The molecule has 0 bridgehead atoms. The SMILES string of the molecule is N#CCCN(CCC#N)Cn1nc(-c2ccc(F)cc2)oc1=S. The molecule has 1 aromatic carbocycles. The van der Waals surface area contributed by atoms with E-state index in [9.17, 15) is 4.39 Å². The molecule has 0 fully saturated rings. The second-order valence-electron chi connectivity index (χ2n) is 4.76. The number of hydrogen-bond donors (Lipinski definition) is 0. The molecule has 0 N–H and O–H groups in total. The number of nitriles is 2. The van der Waals surface area contributed by atoms with Gasteiger partial charge in [0.05, 0.1) is 18.8 Å². The molecular formula is C15H14FN5OS. The van der Waals surface area contributed by atoms with Crippen LogP contribution in [0.3, 0.4) is 0 Å². The summed E-state index contributed by atoms with van der Waals surface area (Å²) >= 11 is 5.15. The number of benzene rings is 1. The van der Waals surface area contributed by atoms with Crippen LogP contribution >= 0.6 is 12.2 Å². The summed E-state index contributed by atoms with van der Waals surface area (Å²) in [6, 6.07) is 9.90. The minimum atomic E-state index is -0.342. The van der Waals surface area contributed by atoms with Crippen LogP contribution in [-0.4, -0.2) is 27.8 Å². The molecule has 0 unspecified atom stereocenters. The van der Waals surface area contributed by atoms with Gasteiger partial charge in [-0.3, -0.25) is 4.90 Å². The summed E-state index contributed by atoms with van der Waals surface area (Å²) in [7, 11) is 0. The van der Waals surface area contributed by atoms with E-state index in [2.05, 4.69) is 17.2 Å². The highest BCUT2D eigenvalue weighted by atomic mass is 32.1. The smallest absolute Gasteiger partial charge is 0.288 e. The van der Waals surface area contributed by atoms with Crippen LogP contribution in [0.25, 0.3) is 11.5 Å². The molecule has 118 valence electrons. The third-order valence-electron chi connectivity index (χ3n) is 3.11. The third kappa shape index (κ3) is 4.71. The molecule has 2 rings (SSSR count). The van der Waals surface area contributed by atoms with Crippen LogP contribution in [0, 0.1) is 33.3 Å². The van der Waals surface area contributed by atoms with Crippen molar-refractivity contribution in [2.45, 2.75) is 19.5 Å². The Morgan fingerprint density at radius 2 is 1.78 bits per heavy atom. The molecule has 0 amide bonds. The van der Waals surface area contributed by atoms with E-state index in [-0.39, 0.29) is 10.7 Å². The van der Waals surface area contributed by atoms with E-state index < -0.39 is 0 Å². The Morgan fingerprint density at radius 1 is 1.17 bits per heavy atom. The minimum Gasteiger partial charge on any atom is -0.409 e. The molecule has 0 aliphatic rings. The topological polar surface area (TPSA) is 81.8 Å². The van der Waals surface area contributed by atoms with Crippen LogP contribution in [0.5, 0.6) is 0 Å². The molecular weight excluding hydrogens is 317 g/mol. The van der Waals surface area contributed by atoms with E-state index in [1.807, 2.05) is 4.90 Å². The first-order valence-electron chi connectivity index (χ1n) is 6.94. The Bertz CT molecular complexity index is 766. The minimum absolute atomic E-state index is 0.184. The van der Waals surface area contributed by atoms with Crippen molar-refractivity contribution in [3.8, 4) is 23.6 Å². The number of hydrogen-bond acceptors (Lipinski definition) is 6.